The van der Waals surface area contributed by atoms with Gasteiger partial charge in [0.1, 0.15) is 5.69 Å². The van der Waals surface area contributed by atoms with Crippen LogP contribution in [-0.2, 0) is 6.54 Å². The molecule has 1 aliphatic carbocycles. The predicted octanol–water partition coefficient (Wildman–Crippen LogP) is 3.71. The molecule has 3 rings (SSSR count). The number of aryl methyl sites for hydroxylation is 2. The van der Waals surface area contributed by atoms with Crippen LogP contribution in [-0.4, -0.2) is 15.6 Å². The Morgan fingerprint density at radius 1 is 1.35 bits per heavy atom. The summed E-state index contributed by atoms with van der Waals surface area (Å²) in [5.41, 5.74) is 3.67. The van der Waals surface area contributed by atoms with Gasteiger partial charge in [-0.25, -0.2) is 0 Å². The average molecular weight is 268 g/mol. The number of nitrogens with zero attached hydrogens (tertiary/aromatic N) is 2. The molecule has 1 fully saturated rings. The van der Waals surface area contributed by atoms with Gasteiger partial charge in [0.2, 0.25) is 5.78 Å². The van der Waals surface area contributed by atoms with Crippen LogP contribution in [0.4, 0.5) is 0 Å². The molecule has 0 spiro atoms. The van der Waals surface area contributed by atoms with Crippen LogP contribution in [0.2, 0.25) is 0 Å². The third-order valence-corrected chi connectivity index (χ3v) is 4.16. The van der Waals surface area contributed by atoms with Crippen molar-refractivity contribution in [3.05, 3.63) is 52.8 Å². The molecule has 1 saturated carbocycles. The standard InChI is InChI=1S/C17H20N2O/c1-3-19-16(10-12(2)18-19)17(20)15-9-5-8-14(11-15)13-6-4-7-13/h5,8-11,13H,3-4,6-7H2,1-2H3. The lowest BCUT2D eigenvalue weighted by molar-refractivity contribution is 0.102. The lowest BCUT2D eigenvalue weighted by atomic mass is 9.79. The van der Waals surface area contributed by atoms with Gasteiger partial charge in [0, 0.05) is 12.1 Å². The molecule has 0 N–H and O–H groups in total. The molecular formula is C17H20N2O. The number of ketones is 1. The largest absolute Gasteiger partial charge is 0.287 e. The van der Waals surface area contributed by atoms with Crippen molar-refractivity contribution in [2.24, 2.45) is 0 Å². The summed E-state index contributed by atoms with van der Waals surface area (Å²) in [4.78, 5) is 12.7. The molecule has 0 aliphatic heterocycles. The first-order chi connectivity index (χ1) is 9.69. The van der Waals surface area contributed by atoms with Gasteiger partial charge in [-0.1, -0.05) is 24.6 Å². The quantitative estimate of drug-likeness (QED) is 0.792. The summed E-state index contributed by atoms with van der Waals surface area (Å²) in [5, 5.41) is 4.36. The van der Waals surface area contributed by atoms with Crippen LogP contribution in [0.25, 0.3) is 0 Å². The van der Waals surface area contributed by atoms with Crippen molar-refractivity contribution in [3.8, 4) is 0 Å². The normalized spacial score (nSPS) is 15.1. The minimum Gasteiger partial charge on any atom is -0.287 e. The highest BCUT2D eigenvalue weighted by molar-refractivity contribution is 6.08. The molecule has 0 atom stereocenters. The number of carbonyl (C=O) groups excluding carboxylic acids is 1. The first-order valence-corrected chi connectivity index (χ1v) is 7.38. The zero-order valence-electron chi connectivity index (χ0n) is 12.1. The van der Waals surface area contributed by atoms with Crippen molar-refractivity contribution < 1.29 is 4.79 Å². The topological polar surface area (TPSA) is 34.9 Å². The molecule has 0 amide bonds. The number of carbonyl (C=O) groups is 1. The van der Waals surface area contributed by atoms with Crippen molar-refractivity contribution in [1.82, 2.24) is 9.78 Å². The Bertz CT molecular complexity index is 638. The molecular weight excluding hydrogens is 248 g/mol. The first-order valence-electron chi connectivity index (χ1n) is 7.38. The molecule has 1 heterocycles. The van der Waals surface area contributed by atoms with Crippen LogP contribution >= 0.6 is 0 Å². The SMILES string of the molecule is CCn1nc(C)cc1C(=O)c1cccc(C2CCC2)c1. The minimum atomic E-state index is 0.0774. The molecule has 0 radical (unpaired) electrons. The number of hydrogen-bond acceptors (Lipinski definition) is 2. The van der Waals surface area contributed by atoms with Crippen LogP contribution in [0.5, 0.6) is 0 Å². The molecule has 1 aliphatic rings. The predicted molar refractivity (Wildman–Crippen MR) is 79.1 cm³/mol. The van der Waals surface area contributed by atoms with Gasteiger partial charge in [-0.2, -0.15) is 5.10 Å². The highest BCUT2D eigenvalue weighted by Gasteiger charge is 2.21. The van der Waals surface area contributed by atoms with E-state index in [0.29, 0.717) is 11.6 Å². The van der Waals surface area contributed by atoms with E-state index < -0.39 is 0 Å². The number of aromatic nitrogens is 2. The summed E-state index contributed by atoms with van der Waals surface area (Å²) >= 11 is 0. The fraction of sp³-hybridized carbons (Fsp3) is 0.412. The van der Waals surface area contributed by atoms with E-state index in [1.165, 1.54) is 24.8 Å². The molecule has 2 aromatic rings. The Kier molecular flexibility index (Phi) is 3.43. The second kappa shape index (κ2) is 5.23. The van der Waals surface area contributed by atoms with Gasteiger partial charge in [-0.3, -0.25) is 9.48 Å². The summed E-state index contributed by atoms with van der Waals surface area (Å²) in [7, 11) is 0. The van der Waals surface area contributed by atoms with Gasteiger partial charge < -0.3 is 0 Å². The molecule has 1 aromatic carbocycles. The average Bonchev–Trinajstić information content (AvgIpc) is 2.77. The Hall–Kier alpha value is -1.90. The number of hydrogen-bond donors (Lipinski definition) is 0. The van der Waals surface area contributed by atoms with Crippen LogP contribution in [0.1, 0.15) is 59.4 Å². The summed E-state index contributed by atoms with van der Waals surface area (Å²) in [6, 6.07) is 9.99. The Morgan fingerprint density at radius 3 is 2.80 bits per heavy atom. The third kappa shape index (κ3) is 2.28. The molecule has 1 aromatic heterocycles. The summed E-state index contributed by atoms with van der Waals surface area (Å²) < 4.78 is 1.79. The Labute approximate surface area is 119 Å². The van der Waals surface area contributed by atoms with Gasteiger partial charge >= 0.3 is 0 Å². The minimum absolute atomic E-state index is 0.0774. The maximum Gasteiger partial charge on any atom is 0.211 e. The van der Waals surface area contributed by atoms with E-state index >= 15 is 0 Å². The van der Waals surface area contributed by atoms with Crippen molar-refractivity contribution in [2.75, 3.05) is 0 Å². The van der Waals surface area contributed by atoms with Crippen molar-refractivity contribution in [3.63, 3.8) is 0 Å². The van der Waals surface area contributed by atoms with Gasteiger partial charge in [0.15, 0.2) is 0 Å². The molecule has 3 heteroatoms. The first kappa shape index (κ1) is 13.1. The van der Waals surface area contributed by atoms with Gasteiger partial charge in [0.25, 0.3) is 0 Å². The van der Waals surface area contributed by atoms with E-state index in [2.05, 4.69) is 17.2 Å². The van der Waals surface area contributed by atoms with Crippen LogP contribution in [0.15, 0.2) is 30.3 Å². The van der Waals surface area contributed by atoms with Crippen molar-refractivity contribution in [2.45, 2.75) is 45.6 Å². The maximum absolute atomic E-state index is 12.7. The molecule has 104 valence electrons. The summed E-state index contributed by atoms with van der Waals surface area (Å²) in [6.07, 6.45) is 3.82. The van der Waals surface area contributed by atoms with Crippen molar-refractivity contribution in [1.29, 1.82) is 0 Å². The highest BCUT2D eigenvalue weighted by Crippen LogP contribution is 2.36. The lowest BCUT2D eigenvalue weighted by Gasteiger charge is -2.26. The second-order valence-electron chi connectivity index (χ2n) is 5.57. The fourth-order valence-corrected chi connectivity index (χ4v) is 2.79. The summed E-state index contributed by atoms with van der Waals surface area (Å²) in [6.45, 7) is 4.65. The third-order valence-electron chi connectivity index (χ3n) is 4.16. The highest BCUT2D eigenvalue weighted by atomic mass is 16.1. The molecule has 20 heavy (non-hydrogen) atoms. The Balaban J connectivity index is 1.93. The monoisotopic (exact) mass is 268 g/mol. The molecule has 0 saturated heterocycles. The smallest absolute Gasteiger partial charge is 0.211 e. The zero-order valence-corrected chi connectivity index (χ0v) is 12.1. The van der Waals surface area contributed by atoms with Gasteiger partial charge in [0.05, 0.1) is 5.69 Å². The van der Waals surface area contributed by atoms with Gasteiger partial charge in [-0.05, 0) is 50.3 Å². The number of rotatable bonds is 4. The van der Waals surface area contributed by atoms with E-state index in [9.17, 15) is 4.79 Å². The van der Waals surface area contributed by atoms with Gasteiger partial charge in [-0.15, -0.1) is 0 Å². The van der Waals surface area contributed by atoms with E-state index in [-0.39, 0.29) is 5.78 Å². The van der Waals surface area contributed by atoms with E-state index in [4.69, 9.17) is 0 Å². The molecule has 0 bridgehead atoms. The van der Waals surface area contributed by atoms with Crippen LogP contribution < -0.4 is 0 Å². The lowest BCUT2D eigenvalue weighted by Crippen LogP contribution is -2.12. The van der Waals surface area contributed by atoms with E-state index in [1.54, 1.807) is 4.68 Å². The summed E-state index contributed by atoms with van der Waals surface area (Å²) in [5.74, 6) is 0.731. The number of benzene rings is 1. The van der Waals surface area contributed by atoms with Crippen molar-refractivity contribution >= 4 is 5.78 Å². The molecule has 0 unspecified atom stereocenters. The van der Waals surface area contributed by atoms with E-state index in [1.807, 2.05) is 32.0 Å². The zero-order chi connectivity index (χ0) is 14.1. The van der Waals surface area contributed by atoms with Crippen LogP contribution in [0, 0.1) is 6.92 Å². The molecule has 3 nitrogen and oxygen atoms in total. The second-order valence-corrected chi connectivity index (χ2v) is 5.57. The van der Waals surface area contributed by atoms with E-state index in [0.717, 1.165) is 17.8 Å². The maximum atomic E-state index is 12.7. The Morgan fingerprint density at radius 2 is 2.15 bits per heavy atom. The fourth-order valence-electron chi connectivity index (χ4n) is 2.79. The van der Waals surface area contributed by atoms with Crippen LogP contribution in [0.3, 0.4) is 0 Å².